The third kappa shape index (κ3) is 3.59. The van der Waals surface area contributed by atoms with Crippen molar-refractivity contribution in [1.29, 1.82) is 0 Å². The maximum absolute atomic E-state index is 5.26. The largest absolute Gasteiger partial charge is 0.380 e. The first-order valence-electron chi connectivity index (χ1n) is 4.50. The van der Waals surface area contributed by atoms with Crippen LogP contribution < -0.4 is 4.90 Å². The minimum atomic E-state index is 0.717. The van der Waals surface area contributed by atoms with E-state index in [-0.39, 0.29) is 0 Å². The fourth-order valence-corrected chi connectivity index (χ4v) is 1.29. The molecular formula is C9H14BrN3O. The van der Waals surface area contributed by atoms with Crippen LogP contribution in [0.1, 0.15) is 6.92 Å². The Morgan fingerprint density at radius 2 is 2.29 bits per heavy atom. The van der Waals surface area contributed by atoms with Gasteiger partial charge in [-0.25, -0.2) is 9.97 Å². The molecule has 14 heavy (non-hydrogen) atoms. The van der Waals surface area contributed by atoms with Gasteiger partial charge in [-0.2, -0.15) is 0 Å². The SMILES string of the molecule is CCOCCN(C)c1cc(Br)ncn1. The van der Waals surface area contributed by atoms with Crippen molar-refractivity contribution in [1.82, 2.24) is 9.97 Å². The Balaban J connectivity index is 2.47. The van der Waals surface area contributed by atoms with Crippen molar-refractivity contribution in [2.24, 2.45) is 0 Å². The van der Waals surface area contributed by atoms with E-state index in [9.17, 15) is 0 Å². The Morgan fingerprint density at radius 3 is 2.93 bits per heavy atom. The van der Waals surface area contributed by atoms with E-state index in [2.05, 4.69) is 25.9 Å². The first kappa shape index (κ1) is 11.4. The van der Waals surface area contributed by atoms with Crippen LogP contribution in [0, 0.1) is 0 Å². The Hall–Kier alpha value is -0.680. The number of rotatable bonds is 5. The van der Waals surface area contributed by atoms with E-state index in [4.69, 9.17) is 4.74 Å². The minimum absolute atomic E-state index is 0.717. The third-order valence-electron chi connectivity index (χ3n) is 1.79. The molecule has 0 radical (unpaired) electrons. The maximum atomic E-state index is 5.26. The zero-order chi connectivity index (χ0) is 10.4. The highest BCUT2D eigenvalue weighted by molar-refractivity contribution is 9.10. The summed E-state index contributed by atoms with van der Waals surface area (Å²) >= 11 is 3.30. The highest BCUT2D eigenvalue weighted by Gasteiger charge is 2.02. The molecule has 1 heterocycles. The minimum Gasteiger partial charge on any atom is -0.380 e. The van der Waals surface area contributed by atoms with Gasteiger partial charge in [0.25, 0.3) is 0 Å². The van der Waals surface area contributed by atoms with Gasteiger partial charge < -0.3 is 9.64 Å². The molecule has 1 rings (SSSR count). The number of anilines is 1. The number of halogens is 1. The third-order valence-corrected chi connectivity index (χ3v) is 2.22. The number of aromatic nitrogens is 2. The van der Waals surface area contributed by atoms with Crippen LogP contribution in [-0.2, 0) is 4.74 Å². The standard InChI is InChI=1S/C9H14BrN3O/c1-3-14-5-4-13(2)9-6-8(10)11-7-12-9/h6-7H,3-5H2,1-2H3. The lowest BCUT2D eigenvalue weighted by molar-refractivity contribution is 0.154. The molecule has 5 heteroatoms. The molecule has 0 atom stereocenters. The second-order valence-corrected chi connectivity index (χ2v) is 3.63. The molecule has 78 valence electrons. The van der Waals surface area contributed by atoms with Crippen LogP contribution in [0.15, 0.2) is 17.0 Å². The van der Waals surface area contributed by atoms with Crippen LogP contribution in [0.5, 0.6) is 0 Å². The summed E-state index contributed by atoms with van der Waals surface area (Å²) in [6.45, 7) is 4.29. The molecule has 0 amide bonds. The highest BCUT2D eigenvalue weighted by atomic mass is 79.9. The van der Waals surface area contributed by atoms with Gasteiger partial charge in [-0.1, -0.05) is 0 Å². The van der Waals surface area contributed by atoms with Gasteiger partial charge in [-0.15, -0.1) is 0 Å². The Bertz CT molecular complexity index is 283. The summed E-state index contributed by atoms with van der Waals surface area (Å²) in [6.07, 6.45) is 1.54. The lowest BCUT2D eigenvalue weighted by Crippen LogP contribution is -2.23. The fourth-order valence-electron chi connectivity index (χ4n) is 0.993. The van der Waals surface area contributed by atoms with E-state index in [0.29, 0.717) is 6.61 Å². The zero-order valence-corrected chi connectivity index (χ0v) is 9.99. The number of hydrogen-bond acceptors (Lipinski definition) is 4. The second kappa shape index (κ2) is 5.93. The number of nitrogens with zero attached hydrogens (tertiary/aromatic N) is 3. The number of hydrogen-bond donors (Lipinski definition) is 0. The molecule has 0 saturated heterocycles. The van der Waals surface area contributed by atoms with Gasteiger partial charge in [0.05, 0.1) is 6.61 Å². The average Bonchev–Trinajstić information content (AvgIpc) is 2.18. The van der Waals surface area contributed by atoms with E-state index in [1.54, 1.807) is 0 Å². The normalized spacial score (nSPS) is 10.2. The summed E-state index contributed by atoms with van der Waals surface area (Å²) in [5.74, 6) is 0.895. The van der Waals surface area contributed by atoms with Gasteiger partial charge in [-0.3, -0.25) is 0 Å². The quantitative estimate of drug-likeness (QED) is 0.596. The Labute approximate surface area is 92.4 Å². The molecule has 0 N–H and O–H groups in total. The van der Waals surface area contributed by atoms with Crippen molar-refractivity contribution >= 4 is 21.7 Å². The van der Waals surface area contributed by atoms with Crippen LogP contribution >= 0.6 is 15.9 Å². The predicted molar refractivity (Wildman–Crippen MR) is 59.5 cm³/mol. The second-order valence-electron chi connectivity index (χ2n) is 2.82. The summed E-state index contributed by atoms with van der Waals surface area (Å²) in [4.78, 5) is 10.1. The summed E-state index contributed by atoms with van der Waals surface area (Å²) in [5.41, 5.74) is 0. The molecule has 4 nitrogen and oxygen atoms in total. The molecule has 0 fully saturated rings. The molecule has 0 bridgehead atoms. The molecule has 1 aromatic heterocycles. The van der Waals surface area contributed by atoms with E-state index < -0.39 is 0 Å². The van der Waals surface area contributed by atoms with Crippen molar-refractivity contribution in [3.05, 3.63) is 17.0 Å². The Morgan fingerprint density at radius 1 is 1.50 bits per heavy atom. The molecule has 0 aromatic carbocycles. The van der Waals surface area contributed by atoms with E-state index in [1.165, 1.54) is 6.33 Å². The van der Waals surface area contributed by atoms with E-state index in [1.807, 2.05) is 24.9 Å². The van der Waals surface area contributed by atoms with Crippen molar-refractivity contribution in [2.45, 2.75) is 6.92 Å². The molecule has 0 unspecified atom stereocenters. The molecule has 0 aliphatic carbocycles. The predicted octanol–water partition coefficient (Wildman–Crippen LogP) is 1.71. The molecule has 0 saturated carbocycles. The van der Waals surface area contributed by atoms with E-state index >= 15 is 0 Å². The molecular weight excluding hydrogens is 246 g/mol. The molecule has 1 aromatic rings. The van der Waals surface area contributed by atoms with Gasteiger partial charge in [0.2, 0.25) is 0 Å². The monoisotopic (exact) mass is 259 g/mol. The van der Waals surface area contributed by atoms with Crippen LogP contribution in [-0.4, -0.2) is 36.8 Å². The average molecular weight is 260 g/mol. The van der Waals surface area contributed by atoms with Crippen molar-refractivity contribution in [3.63, 3.8) is 0 Å². The van der Waals surface area contributed by atoms with Gasteiger partial charge in [0, 0.05) is 26.3 Å². The van der Waals surface area contributed by atoms with Gasteiger partial charge in [0.1, 0.15) is 16.7 Å². The van der Waals surface area contributed by atoms with Crippen LogP contribution in [0.2, 0.25) is 0 Å². The van der Waals surface area contributed by atoms with Crippen molar-refractivity contribution in [3.8, 4) is 0 Å². The van der Waals surface area contributed by atoms with Crippen LogP contribution in [0.4, 0.5) is 5.82 Å². The van der Waals surface area contributed by atoms with E-state index in [0.717, 1.165) is 23.6 Å². The van der Waals surface area contributed by atoms with Crippen molar-refractivity contribution < 1.29 is 4.74 Å². The maximum Gasteiger partial charge on any atom is 0.132 e. The molecule has 0 aliphatic heterocycles. The fraction of sp³-hybridized carbons (Fsp3) is 0.556. The smallest absolute Gasteiger partial charge is 0.132 e. The molecule has 0 spiro atoms. The first-order chi connectivity index (χ1) is 6.74. The van der Waals surface area contributed by atoms with Crippen molar-refractivity contribution in [2.75, 3.05) is 31.7 Å². The first-order valence-corrected chi connectivity index (χ1v) is 5.29. The highest BCUT2D eigenvalue weighted by Crippen LogP contribution is 2.12. The van der Waals surface area contributed by atoms with Crippen LogP contribution in [0.3, 0.4) is 0 Å². The zero-order valence-electron chi connectivity index (χ0n) is 8.40. The molecule has 0 aliphatic rings. The van der Waals surface area contributed by atoms with Gasteiger partial charge in [-0.05, 0) is 22.9 Å². The number of likely N-dealkylation sites (N-methyl/N-ethyl adjacent to an activating group) is 1. The number of ether oxygens (including phenoxy) is 1. The van der Waals surface area contributed by atoms with Crippen LogP contribution in [0.25, 0.3) is 0 Å². The summed E-state index contributed by atoms with van der Waals surface area (Å²) < 4.78 is 6.06. The summed E-state index contributed by atoms with van der Waals surface area (Å²) in [5, 5.41) is 0. The van der Waals surface area contributed by atoms with Gasteiger partial charge in [0.15, 0.2) is 0 Å². The Kier molecular flexibility index (Phi) is 4.82. The summed E-state index contributed by atoms with van der Waals surface area (Å²) in [7, 11) is 1.98. The lowest BCUT2D eigenvalue weighted by Gasteiger charge is -2.17. The topological polar surface area (TPSA) is 38.2 Å². The summed E-state index contributed by atoms with van der Waals surface area (Å²) in [6, 6.07) is 1.88. The van der Waals surface area contributed by atoms with Gasteiger partial charge >= 0.3 is 0 Å². The lowest BCUT2D eigenvalue weighted by atomic mass is 10.5.